The lowest BCUT2D eigenvalue weighted by molar-refractivity contribution is -0.130. The number of aromatic nitrogens is 4. The molecule has 5 N–H and O–H groups in total. The predicted octanol–water partition coefficient (Wildman–Crippen LogP) is 1.15. The average molecular weight is 1100 g/mol. The van der Waals surface area contributed by atoms with Crippen LogP contribution < -0.4 is 38.4 Å². The number of hydrogen-bond acceptors (Lipinski definition) is 17. The van der Waals surface area contributed by atoms with E-state index in [0.717, 1.165) is 0 Å². The fraction of sp³-hybridized carbons (Fsp3) is 0.705. The van der Waals surface area contributed by atoms with E-state index in [2.05, 4.69) is 32.5 Å². The summed E-state index contributed by atoms with van der Waals surface area (Å²) in [5, 5.41) is 8.49. The van der Waals surface area contributed by atoms with Crippen molar-refractivity contribution in [3.8, 4) is 0 Å². The highest BCUT2D eigenvalue weighted by Gasteiger charge is 2.49. The van der Waals surface area contributed by atoms with Gasteiger partial charge in [-0.15, -0.1) is 0 Å². The molecule has 0 bridgehead atoms. The number of carbonyl (C=O) groups excluding carboxylic acids is 1. The molecule has 2 aromatic heterocycles. The molecule has 416 valence electrons. The van der Waals surface area contributed by atoms with Gasteiger partial charge in [-0.2, -0.15) is 0 Å². The van der Waals surface area contributed by atoms with Crippen LogP contribution in [0.3, 0.4) is 0 Å². The second-order valence-electron chi connectivity index (χ2n) is 20.1. The van der Waals surface area contributed by atoms with Crippen molar-refractivity contribution in [3.05, 3.63) is 89.4 Å². The number of H-pyrrole nitrogens is 2. The maximum absolute atomic E-state index is 15.6. The summed E-state index contributed by atoms with van der Waals surface area (Å²) in [4.78, 5) is 70.3. The van der Waals surface area contributed by atoms with E-state index in [1.807, 2.05) is 25.4 Å². The number of piperazine rings is 1. The van der Waals surface area contributed by atoms with E-state index in [-0.39, 0.29) is 63.9 Å². The number of aromatic amines is 2. The van der Waals surface area contributed by atoms with E-state index in [0.29, 0.717) is 50.7 Å². The van der Waals surface area contributed by atoms with Crippen LogP contribution in [-0.4, -0.2) is 196 Å². The molecule has 4 saturated heterocycles. The largest absolute Gasteiger partial charge is 0.350 e. The van der Waals surface area contributed by atoms with E-state index in [1.54, 1.807) is 46.2 Å². The van der Waals surface area contributed by atoms with Crippen molar-refractivity contribution in [2.75, 3.05) is 113 Å². The Morgan fingerprint density at radius 3 is 1.59 bits per heavy atom. The zero-order chi connectivity index (χ0) is 53.4. The third-order valence-electron chi connectivity index (χ3n) is 13.1. The molecular weight excluding hydrogens is 1030 g/mol. The molecule has 27 nitrogen and oxygen atoms in total. The molecule has 7 rings (SSSR count). The van der Waals surface area contributed by atoms with Gasteiger partial charge in [-0.3, -0.25) is 47.2 Å². The van der Waals surface area contributed by atoms with Crippen LogP contribution in [0.5, 0.6) is 0 Å². The van der Waals surface area contributed by atoms with Gasteiger partial charge in [-0.05, 0) is 69.7 Å². The Kier molecular flexibility index (Phi) is 19.2. The van der Waals surface area contributed by atoms with Crippen molar-refractivity contribution >= 4 is 28.8 Å². The van der Waals surface area contributed by atoms with Crippen molar-refractivity contribution < 1.29 is 46.3 Å². The predicted molar refractivity (Wildman–Crippen MR) is 276 cm³/mol. The molecule has 0 radical (unpaired) electrons. The van der Waals surface area contributed by atoms with Crippen LogP contribution in [0.2, 0.25) is 0 Å². The van der Waals surface area contributed by atoms with Crippen LogP contribution >= 0.6 is 22.9 Å². The zero-order valence-electron chi connectivity index (χ0n) is 43.2. The van der Waals surface area contributed by atoms with E-state index in [9.17, 15) is 28.5 Å². The molecule has 4 fully saturated rings. The van der Waals surface area contributed by atoms with E-state index in [4.69, 9.17) is 27.8 Å². The summed E-state index contributed by atoms with van der Waals surface area (Å²) in [7, 11) is -5.47. The second-order valence-corrected chi connectivity index (χ2v) is 28.5. The number of morpholine rings is 3. The molecule has 74 heavy (non-hydrogen) atoms. The highest BCUT2D eigenvalue weighted by atomic mass is 31.2. The summed E-state index contributed by atoms with van der Waals surface area (Å²) in [6, 6.07) is 0. The number of ether oxygens (including phenoxy) is 3. The van der Waals surface area contributed by atoms with Crippen LogP contribution in [0, 0.1) is 13.8 Å². The van der Waals surface area contributed by atoms with Crippen LogP contribution in [0.25, 0.3) is 0 Å². The standard InChI is InChI=1S/C43H72N13O14P3.CH4/c1-28-18-54(31(4)46-38(28)57)35-17-45-16-32(68-35)25-66-72(63,49(8)9)53-22-34(70-37(24-53)56-20-30(3)40(59)48-42(56)61)27-67-73(64,50(10)11)52-21-33(69-36(23-52)55-19-29(2)39(58)47-41(55)60)26-65-71(62,43(5,6)7)51-14-12-44-13-15-51;/h18-20,32-37,44-45H,4,12-17,21-27H2,1-3,5-11H3,(H,46,57)(H,47,58,60)(H,48,59,61);1H4. The minimum atomic E-state index is -4.17. The average Bonchev–Trinajstić information content (AvgIpc) is 3.34. The Morgan fingerprint density at radius 1 is 0.662 bits per heavy atom. The fourth-order valence-corrected chi connectivity index (χ4v) is 15.5. The Labute approximate surface area is 431 Å². The molecule has 0 aromatic carbocycles. The minimum absolute atomic E-state index is 0. The molecule has 7 heterocycles. The first-order valence-corrected chi connectivity index (χ1v) is 28.7. The maximum Gasteiger partial charge on any atom is 0.345 e. The Balaban J connectivity index is 0.00000892. The lowest BCUT2D eigenvalue weighted by Crippen LogP contribution is -2.55. The first-order valence-electron chi connectivity index (χ1n) is 24.1. The van der Waals surface area contributed by atoms with Gasteiger partial charge in [0.2, 0.25) is 0 Å². The van der Waals surface area contributed by atoms with Gasteiger partial charge in [0.1, 0.15) is 12.0 Å². The van der Waals surface area contributed by atoms with Crippen molar-refractivity contribution in [1.29, 1.82) is 0 Å². The molecule has 2 aromatic rings. The number of rotatable bonds is 17. The highest BCUT2D eigenvalue weighted by molar-refractivity contribution is 7.58. The Bertz CT molecular complexity index is 2790. The first-order chi connectivity index (χ1) is 34.2. The lowest BCUT2D eigenvalue weighted by Gasteiger charge is -2.46. The van der Waals surface area contributed by atoms with E-state index in [1.165, 1.54) is 54.1 Å². The van der Waals surface area contributed by atoms with Crippen molar-refractivity contribution in [1.82, 2.24) is 63.3 Å². The number of aryl methyl sites for hydroxylation is 2. The summed E-state index contributed by atoms with van der Waals surface area (Å²) in [6.07, 6.45) is -1.17. The lowest BCUT2D eigenvalue weighted by atomic mass is 10.2. The van der Waals surface area contributed by atoms with Gasteiger partial charge in [0.25, 0.3) is 24.5 Å². The number of nitrogens with one attached hydrogen (secondary N) is 5. The molecule has 5 aliphatic heterocycles. The van der Waals surface area contributed by atoms with Gasteiger partial charge < -0.3 is 48.6 Å². The van der Waals surface area contributed by atoms with Crippen LogP contribution in [0.4, 0.5) is 0 Å². The maximum atomic E-state index is 15.6. The monoisotopic (exact) mass is 1100 g/mol. The highest BCUT2D eigenvalue weighted by Crippen LogP contribution is 2.62. The van der Waals surface area contributed by atoms with Crippen LogP contribution in [-0.2, 0) is 46.3 Å². The number of hydrogen-bond donors (Lipinski definition) is 5. The third-order valence-corrected chi connectivity index (χ3v) is 21.5. The Hall–Kier alpha value is -3.72. The summed E-state index contributed by atoms with van der Waals surface area (Å²) < 4.78 is 94.5. The normalized spacial score (nSPS) is 27.5. The minimum Gasteiger partial charge on any atom is -0.350 e. The molecule has 30 heteroatoms. The molecule has 5 aliphatic rings. The van der Waals surface area contributed by atoms with Gasteiger partial charge in [0.15, 0.2) is 12.5 Å². The van der Waals surface area contributed by atoms with E-state index >= 15 is 9.13 Å². The van der Waals surface area contributed by atoms with Gasteiger partial charge in [-0.1, -0.05) is 14.0 Å². The number of carbonyl (C=O) groups is 1. The van der Waals surface area contributed by atoms with Gasteiger partial charge in [0, 0.05) is 87.7 Å². The number of amides is 1. The van der Waals surface area contributed by atoms with Gasteiger partial charge in [0.05, 0.1) is 56.4 Å². The van der Waals surface area contributed by atoms with Crippen LogP contribution in [0.1, 0.15) is 58.7 Å². The summed E-state index contributed by atoms with van der Waals surface area (Å²) in [6.45, 7) is 15.8. The topological polar surface area (TPSA) is 289 Å². The molecule has 9 atom stereocenters. The van der Waals surface area contributed by atoms with Crippen LogP contribution in [0.15, 0.2) is 55.7 Å². The first kappa shape index (κ1) is 59.5. The SMILES string of the molecule is C.C=C1NC(=O)C(C)=CN1C1CNCC(COP(=O)(N(C)C)N2CC(COP(=O)(N(C)C)N3CC(COP(=O)(N4CCNCC4)C(C)(C)C)OC(n4cc(C)c(=O)[nH]c4=O)C3)OC(n3cc(C)c(=O)[nH]c3=O)C2)O1. The van der Waals surface area contributed by atoms with Crippen molar-refractivity contribution in [3.63, 3.8) is 0 Å². The molecule has 0 aliphatic carbocycles. The molecule has 0 saturated carbocycles. The smallest absolute Gasteiger partial charge is 0.345 e. The number of nitrogens with zero attached hydrogens (tertiary/aromatic N) is 8. The molecular formula is C44H76N13O14P3. The summed E-state index contributed by atoms with van der Waals surface area (Å²) in [5.41, 5.74) is -1.85. The summed E-state index contributed by atoms with van der Waals surface area (Å²) >= 11 is 0. The van der Waals surface area contributed by atoms with Gasteiger partial charge >= 0.3 is 26.7 Å². The molecule has 1 amide bonds. The second kappa shape index (κ2) is 23.9. The van der Waals surface area contributed by atoms with E-state index < -0.39 is 94.1 Å². The zero-order valence-corrected chi connectivity index (χ0v) is 45.9. The van der Waals surface area contributed by atoms with Crippen molar-refractivity contribution in [2.45, 2.75) is 91.1 Å². The summed E-state index contributed by atoms with van der Waals surface area (Å²) in [5.74, 6) is 0.0573. The molecule has 0 spiro atoms. The van der Waals surface area contributed by atoms with Gasteiger partial charge in [-0.25, -0.2) is 32.9 Å². The quantitative estimate of drug-likeness (QED) is 0.139. The third kappa shape index (κ3) is 12.8. The molecule has 9 unspecified atom stereocenters. The Morgan fingerprint density at radius 2 is 1.12 bits per heavy atom. The van der Waals surface area contributed by atoms with Crippen molar-refractivity contribution in [2.24, 2.45) is 0 Å². The fourth-order valence-electron chi connectivity index (χ4n) is 9.01.